The van der Waals surface area contributed by atoms with E-state index in [2.05, 4.69) is 46.0 Å². The number of alkyl halides is 1. The minimum Gasteiger partial charge on any atom is -0.367 e. The molecule has 5 unspecified atom stereocenters. The van der Waals surface area contributed by atoms with Crippen LogP contribution >= 0.6 is 22.6 Å². The van der Waals surface area contributed by atoms with Gasteiger partial charge < -0.3 is 9.84 Å². The first-order chi connectivity index (χ1) is 11.7. The van der Waals surface area contributed by atoms with E-state index in [9.17, 15) is 9.32 Å². The molecule has 0 aromatic heterocycles. The van der Waals surface area contributed by atoms with Gasteiger partial charge in [0.2, 0.25) is 0 Å². The van der Waals surface area contributed by atoms with Crippen molar-refractivity contribution in [2.45, 2.75) is 80.6 Å². The van der Waals surface area contributed by atoms with E-state index >= 15 is 0 Å². The number of nitrogens with zero attached hydrogens (tertiary/aromatic N) is 1. The van der Waals surface area contributed by atoms with Gasteiger partial charge in [0, 0.05) is 12.6 Å². The van der Waals surface area contributed by atoms with E-state index in [1.165, 1.54) is 0 Å². The van der Waals surface area contributed by atoms with Gasteiger partial charge in [-0.15, -0.1) is 0 Å². The fourth-order valence-electron chi connectivity index (χ4n) is 3.15. The van der Waals surface area contributed by atoms with Crippen LogP contribution in [0.1, 0.15) is 52.5 Å². The van der Waals surface area contributed by atoms with Gasteiger partial charge in [0.1, 0.15) is 11.0 Å². The van der Waals surface area contributed by atoms with Crippen LogP contribution in [0.3, 0.4) is 0 Å². The van der Waals surface area contributed by atoms with Gasteiger partial charge >= 0.3 is 0 Å². The van der Waals surface area contributed by atoms with Gasteiger partial charge in [-0.2, -0.15) is 0 Å². The SMILES string of the molecule is CCC(C1CCC(I)C(O)O1)N(Cc1ccccc1)S(=O)C(C)(C)C. The molecule has 1 saturated heterocycles. The Kier molecular flexibility index (Phi) is 7.88. The monoisotopic (exact) mass is 479 g/mol. The van der Waals surface area contributed by atoms with Crippen molar-refractivity contribution in [3.05, 3.63) is 35.9 Å². The molecule has 0 spiro atoms. The van der Waals surface area contributed by atoms with Crippen molar-refractivity contribution in [1.82, 2.24) is 4.31 Å². The molecule has 0 saturated carbocycles. The van der Waals surface area contributed by atoms with Crippen LogP contribution in [0.4, 0.5) is 0 Å². The van der Waals surface area contributed by atoms with Crippen molar-refractivity contribution in [1.29, 1.82) is 0 Å². The van der Waals surface area contributed by atoms with E-state index in [0.29, 0.717) is 6.54 Å². The number of aliphatic hydroxyl groups excluding tert-OH is 1. The highest BCUT2D eigenvalue weighted by Crippen LogP contribution is 2.31. The number of halogens is 1. The zero-order chi connectivity index (χ0) is 18.6. The third-order valence-corrected chi connectivity index (χ3v) is 7.60. The van der Waals surface area contributed by atoms with E-state index in [1.807, 2.05) is 39.0 Å². The molecule has 5 atom stereocenters. The highest BCUT2D eigenvalue weighted by molar-refractivity contribution is 14.1. The topological polar surface area (TPSA) is 49.8 Å². The Balaban J connectivity index is 2.26. The third-order valence-electron chi connectivity index (χ3n) is 4.49. The number of rotatable bonds is 6. The molecule has 1 aromatic carbocycles. The van der Waals surface area contributed by atoms with Crippen molar-refractivity contribution >= 4 is 33.6 Å². The maximum Gasteiger partial charge on any atom is 0.166 e. The summed E-state index contributed by atoms with van der Waals surface area (Å²) >= 11 is 2.24. The largest absolute Gasteiger partial charge is 0.367 e. The van der Waals surface area contributed by atoms with Crippen LogP contribution in [0, 0.1) is 0 Å². The molecule has 1 aliphatic heterocycles. The predicted octanol–water partition coefficient (Wildman–Crippen LogP) is 4.03. The molecule has 1 N–H and O–H groups in total. The summed E-state index contributed by atoms with van der Waals surface area (Å²) in [6.45, 7) is 8.74. The Morgan fingerprint density at radius 1 is 1.32 bits per heavy atom. The minimum atomic E-state index is -1.16. The van der Waals surface area contributed by atoms with E-state index in [-0.39, 0.29) is 20.8 Å². The molecule has 1 fully saturated rings. The molecule has 1 heterocycles. The molecule has 0 radical (unpaired) electrons. The van der Waals surface area contributed by atoms with Crippen LogP contribution in [0.5, 0.6) is 0 Å². The normalized spacial score (nSPS) is 27.2. The molecule has 0 bridgehead atoms. The van der Waals surface area contributed by atoms with E-state index < -0.39 is 17.3 Å². The smallest absolute Gasteiger partial charge is 0.166 e. The summed E-state index contributed by atoms with van der Waals surface area (Å²) in [6.07, 6.45) is 1.80. The van der Waals surface area contributed by atoms with Crippen molar-refractivity contribution in [2.75, 3.05) is 0 Å². The summed E-state index contributed by atoms with van der Waals surface area (Å²) in [5, 5.41) is 10.1. The molecule has 25 heavy (non-hydrogen) atoms. The second kappa shape index (κ2) is 9.26. The van der Waals surface area contributed by atoms with Gasteiger partial charge in [-0.3, -0.25) is 0 Å². The molecular formula is C19H30INO3S. The molecule has 142 valence electrons. The lowest BCUT2D eigenvalue weighted by Gasteiger charge is -2.41. The van der Waals surface area contributed by atoms with Gasteiger partial charge in [0.05, 0.1) is 14.8 Å². The van der Waals surface area contributed by atoms with E-state index in [0.717, 1.165) is 24.8 Å². The molecule has 2 rings (SSSR count). The Hall–Kier alpha value is -0.0200. The van der Waals surface area contributed by atoms with Gasteiger partial charge in [-0.1, -0.05) is 59.8 Å². The zero-order valence-electron chi connectivity index (χ0n) is 15.5. The maximum atomic E-state index is 13.3. The van der Waals surface area contributed by atoms with Crippen LogP contribution in [0.25, 0.3) is 0 Å². The number of hydrogen-bond donors (Lipinski definition) is 1. The van der Waals surface area contributed by atoms with Gasteiger partial charge in [0.15, 0.2) is 6.29 Å². The van der Waals surface area contributed by atoms with Crippen molar-refractivity contribution in [3.8, 4) is 0 Å². The molecular weight excluding hydrogens is 449 g/mol. The van der Waals surface area contributed by atoms with Crippen LogP contribution < -0.4 is 0 Å². The maximum absolute atomic E-state index is 13.3. The standard InChI is InChI=1S/C19H30INO3S/c1-5-16(17-12-11-15(20)18(22)24-17)21(25(23)19(2,3)4)13-14-9-7-6-8-10-14/h6-10,15-18,22H,5,11-13H2,1-4H3. The lowest BCUT2D eigenvalue weighted by atomic mass is 9.99. The fraction of sp³-hybridized carbons (Fsp3) is 0.684. The molecule has 6 heteroatoms. The molecule has 4 nitrogen and oxygen atoms in total. The zero-order valence-corrected chi connectivity index (χ0v) is 18.5. The summed E-state index contributed by atoms with van der Waals surface area (Å²) in [6, 6.07) is 10.2. The highest BCUT2D eigenvalue weighted by Gasteiger charge is 2.39. The van der Waals surface area contributed by atoms with Crippen LogP contribution in [0.15, 0.2) is 30.3 Å². The van der Waals surface area contributed by atoms with Crippen molar-refractivity contribution < 1.29 is 14.1 Å². The Labute approximate surface area is 168 Å². The van der Waals surface area contributed by atoms with Gasteiger partial charge in [-0.25, -0.2) is 8.51 Å². The lowest BCUT2D eigenvalue weighted by molar-refractivity contribution is -0.170. The van der Waals surface area contributed by atoms with Crippen LogP contribution in [0.2, 0.25) is 0 Å². The highest BCUT2D eigenvalue weighted by atomic mass is 127. The Morgan fingerprint density at radius 2 is 1.96 bits per heavy atom. The van der Waals surface area contributed by atoms with Crippen molar-refractivity contribution in [2.24, 2.45) is 0 Å². The fourth-order valence-corrected chi connectivity index (χ4v) is 5.18. The van der Waals surface area contributed by atoms with Crippen LogP contribution in [-0.4, -0.2) is 40.7 Å². The number of hydrogen-bond acceptors (Lipinski definition) is 3. The lowest BCUT2D eigenvalue weighted by Crippen LogP contribution is -2.52. The second-order valence-electron chi connectivity index (χ2n) is 7.56. The summed E-state index contributed by atoms with van der Waals surface area (Å²) in [4.78, 5) is 0. The number of aliphatic hydroxyl groups is 1. The van der Waals surface area contributed by atoms with Crippen LogP contribution in [-0.2, 0) is 22.3 Å². The first kappa shape index (κ1) is 21.3. The third kappa shape index (κ3) is 5.73. The van der Waals surface area contributed by atoms with E-state index in [4.69, 9.17) is 4.74 Å². The summed E-state index contributed by atoms with van der Waals surface area (Å²) in [5.74, 6) is 0. The first-order valence-electron chi connectivity index (χ1n) is 8.94. The summed E-state index contributed by atoms with van der Waals surface area (Å²) in [7, 11) is -1.16. The van der Waals surface area contributed by atoms with Gasteiger partial charge in [0.25, 0.3) is 0 Å². The van der Waals surface area contributed by atoms with Gasteiger partial charge in [-0.05, 0) is 45.6 Å². The summed E-state index contributed by atoms with van der Waals surface area (Å²) < 4.78 is 21.0. The number of ether oxygens (including phenoxy) is 1. The first-order valence-corrected chi connectivity index (χ1v) is 11.3. The second-order valence-corrected chi connectivity index (χ2v) is 11.3. The molecule has 0 amide bonds. The summed E-state index contributed by atoms with van der Waals surface area (Å²) in [5.41, 5.74) is 1.14. The molecule has 0 aliphatic carbocycles. The minimum absolute atomic E-state index is 0.0128. The molecule has 1 aromatic rings. The Morgan fingerprint density at radius 3 is 2.48 bits per heavy atom. The van der Waals surface area contributed by atoms with Crippen molar-refractivity contribution in [3.63, 3.8) is 0 Å². The average molecular weight is 479 g/mol. The number of benzene rings is 1. The predicted molar refractivity (Wildman–Crippen MR) is 112 cm³/mol. The molecule has 1 aliphatic rings. The quantitative estimate of drug-likeness (QED) is 0.495. The Bertz CT molecular complexity index is 564. The van der Waals surface area contributed by atoms with E-state index in [1.54, 1.807) is 0 Å². The average Bonchev–Trinajstić information content (AvgIpc) is 2.57.